The Morgan fingerprint density at radius 3 is 2.86 bits per heavy atom. The molecule has 0 aliphatic carbocycles. The van der Waals surface area contributed by atoms with E-state index in [9.17, 15) is 0 Å². The maximum Gasteiger partial charge on any atom is 0.193 e. The SMILES string of the molecule is CCNC(=NCCCc1c[nH]c2ccccc12)N1CCC(N2CCCC2)C1.I. The van der Waals surface area contributed by atoms with Gasteiger partial charge in [-0.1, -0.05) is 18.2 Å². The molecule has 5 nitrogen and oxygen atoms in total. The molecule has 2 aromatic rings. The van der Waals surface area contributed by atoms with Gasteiger partial charge in [0, 0.05) is 49.3 Å². The highest BCUT2D eigenvalue weighted by Crippen LogP contribution is 2.21. The van der Waals surface area contributed by atoms with Gasteiger partial charge in [0.25, 0.3) is 0 Å². The Bertz CT molecular complexity index is 765. The molecule has 2 aliphatic heterocycles. The van der Waals surface area contributed by atoms with Gasteiger partial charge in [-0.2, -0.15) is 0 Å². The van der Waals surface area contributed by atoms with E-state index in [0.717, 1.165) is 51.0 Å². The van der Waals surface area contributed by atoms with Gasteiger partial charge in [-0.05, 0) is 63.7 Å². The lowest BCUT2D eigenvalue weighted by molar-refractivity contribution is 0.249. The van der Waals surface area contributed by atoms with Gasteiger partial charge in [-0.3, -0.25) is 9.89 Å². The van der Waals surface area contributed by atoms with Crippen LogP contribution in [0.1, 0.15) is 38.2 Å². The normalized spacial score (nSPS) is 20.7. The molecular formula is C22H34IN5. The molecule has 1 unspecified atom stereocenters. The number of aryl methyl sites for hydroxylation is 1. The van der Waals surface area contributed by atoms with Crippen LogP contribution in [-0.4, -0.2) is 66.1 Å². The highest BCUT2D eigenvalue weighted by atomic mass is 127. The van der Waals surface area contributed by atoms with Crippen LogP contribution >= 0.6 is 24.0 Å². The number of H-pyrrole nitrogens is 1. The molecule has 1 atom stereocenters. The van der Waals surface area contributed by atoms with Gasteiger partial charge < -0.3 is 15.2 Å². The number of likely N-dealkylation sites (tertiary alicyclic amines) is 2. The first kappa shape index (κ1) is 21.4. The highest BCUT2D eigenvalue weighted by Gasteiger charge is 2.30. The Morgan fingerprint density at radius 2 is 2.04 bits per heavy atom. The number of para-hydroxylation sites is 1. The average Bonchev–Trinajstić information content (AvgIpc) is 3.45. The standard InChI is InChI=1S/C22H33N5.HI/c1-2-23-22(27-15-11-19(17-27)26-13-5-6-14-26)24-12-7-8-18-16-25-21-10-4-3-9-20(18)21;/h3-4,9-10,16,19,25H,2,5-8,11-15,17H2,1H3,(H,23,24);1H. The topological polar surface area (TPSA) is 46.7 Å². The van der Waals surface area contributed by atoms with E-state index >= 15 is 0 Å². The van der Waals surface area contributed by atoms with Crippen LogP contribution in [0.4, 0.5) is 0 Å². The highest BCUT2D eigenvalue weighted by molar-refractivity contribution is 14.0. The number of nitrogens with zero attached hydrogens (tertiary/aromatic N) is 3. The molecule has 2 fully saturated rings. The predicted molar refractivity (Wildman–Crippen MR) is 129 cm³/mol. The molecule has 3 heterocycles. The Labute approximate surface area is 186 Å². The van der Waals surface area contributed by atoms with E-state index in [4.69, 9.17) is 4.99 Å². The smallest absolute Gasteiger partial charge is 0.193 e. The van der Waals surface area contributed by atoms with Gasteiger partial charge in [-0.25, -0.2) is 0 Å². The van der Waals surface area contributed by atoms with E-state index in [-0.39, 0.29) is 24.0 Å². The molecule has 2 aliphatic rings. The number of aliphatic imine (C=N–C) groups is 1. The zero-order valence-electron chi connectivity index (χ0n) is 17.0. The number of halogens is 1. The van der Waals surface area contributed by atoms with Gasteiger partial charge in [0.1, 0.15) is 0 Å². The monoisotopic (exact) mass is 495 g/mol. The molecule has 0 saturated carbocycles. The molecule has 0 spiro atoms. The van der Waals surface area contributed by atoms with E-state index in [2.05, 4.69) is 57.5 Å². The fraction of sp³-hybridized carbons (Fsp3) is 0.591. The molecule has 1 aromatic heterocycles. The zero-order valence-corrected chi connectivity index (χ0v) is 19.3. The van der Waals surface area contributed by atoms with E-state index in [1.807, 2.05) is 0 Å². The molecule has 154 valence electrons. The van der Waals surface area contributed by atoms with Crippen molar-refractivity contribution in [3.8, 4) is 0 Å². The third kappa shape index (κ3) is 5.00. The molecule has 28 heavy (non-hydrogen) atoms. The van der Waals surface area contributed by atoms with Crippen molar-refractivity contribution in [2.45, 2.75) is 45.1 Å². The molecule has 2 N–H and O–H groups in total. The Hall–Kier alpha value is -1.28. The van der Waals surface area contributed by atoms with Gasteiger partial charge in [0.15, 0.2) is 5.96 Å². The van der Waals surface area contributed by atoms with Crippen molar-refractivity contribution >= 4 is 40.8 Å². The van der Waals surface area contributed by atoms with Crippen molar-refractivity contribution < 1.29 is 0 Å². The first-order valence-corrected chi connectivity index (χ1v) is 10.7. The van der Waals surface area contributed by atoms with Crippen molar-refractivity contribution in [2.24, 2.45) is 4.99 Å². The molecule has 0 bridgehead atoms. The summed E-state index contributed by atoms with van der Waals surface area (Å²) >= 11 is 0. The summed E-state index contributed by atoms with van der Waals surface area (Å²) in [6, 6.07) is 9.27. The second-order valence-electron chi connectivity index (χ2n) is 7.83. The Kier molecular flexibility index (Phi) is 8.02. The first-order chi connectivity index (χ1) is 13.3. The fourth-order valence-electron chi connectivity index (χ4n) is 4.56. The lowest BCUT2D eigenvalue weighted by Gasteiger charge is -2.25. The van der Waals surface area contributed by atoms with Crippen molar-refractivity contribution in [2.75, 3.05) is 39.3 Å². The number of nitrogens with one attached hydrogen (secondary N) is 2. The number of aromatic nitrogens is 1. The van der Waals surface area contributed by atoms with Gasteiger partial charge in [0.2, 0.25) is 0 Å². The number of hydrogen-bond acceptors (Lipinski definition) is 2. The number of guanidine groups is 1. The van der Waals surface area contributed by atoms with Crippen LogP contribution in [0.3, 0.4) is 0 Å². The first-order valence-electron chi connectivity index (χ1n) is 10.7. The minimum atomic E-state index is 0. The van der Waals surface area contributed by atoms with Crippen molar-refractivity contribution in [3.63, 3.8) is 0 Å². The third-order valence-corrected chi connectivity index (χ3v) is 6.00. The molecule has 0 amide bonds. The Balaban J connectivity index is 0.00000225. The van der Waals surface area contributed by atoms with Crippen molar-refractivity contribution in [1.82, 2.24) is 20.1 Å². The molecule has 1 aromatic carbocycles. The predicted octanol–water partition coefficient (Wildman–Crippen LogP) is 3.85. The summed E-state index contributed by atoms with van der Waals surface area (Å²) in [5.74, 6) is 1.11. The summed E-state index contributed by atoms with van der Waals surface area (Å²) < 4.78 is 0. The molecule has 0 radical (unpaired) electrons. The summed E-state index contributed by atoms with van der Waals surface area (Å²) in [4.78, 5) is 13.5. The van der Waals surface area contributed by atoms with Gasteiger partial charge in [0.05, 0.1) is 0 Å². The second kappa shape index (κ2) is 10.5. The number of fused-ring (bicyclic) bond motifs is 1. The third-order valence-electron chi connectivity index (χ3n) is 6.00. The van der Waals surface area contributed by atoms with Crippen LogP contribution in [0.5, 0.6) is 0 Å². The van der Waals surface area contributed by atoms with E-state index in [1.54, 1.807) is 0 Å². The summed E-state index contributed by atoms with van der Waals surface area (Å²) in [6.07, 6.45) is 8.33. The van der Waals surface area contributed by atoms with E-state index in [1.165, 1.54) is 48.8 Å². The van der Waals surface area contributed by atoms with Crippen LogP contribution < -0.4 is 5.32 Å². The number of rotatable bonds is 6. The van der Waals surface area contributed by atoms with Gasteiger partial charge >= 0.3 is 0 Å². The molecule has 6 heteroatoms. The lowest BCUT2D eigenvalue weighted by Crippen LogP contribution is -2.42. The second-order valence-corrected chi connectivity index (χ2v) is 7.83. The number of benzene rings is 1. The van der Waals surface area contributed by atoms with Crippen LogP contribution in [0, 0.1) is 0 Å². The van der Waals surface area contributed by atoms with Crippen LogP contribution in [0.15, 0.2) is 35.5 Å². The maximum atomic E-state index is 4.94. The summed E-state index contributed by atoms with van der Waals surface area (Å²) in [5.41, 5.74) is 2.63. The molecule has 2 saturated heterocycles. The maximum absolute atomic E-state index is 4.94. The van der Waals surface area contributed by atoms with E-state index in [0.29, 0.717) is 0 Å². The van der Waals surface area contributed by atoms with Gasteiger partial charge in [-0.15, -0.1) is 24.0 Å². The van der Waals surface area contributed by atoms with Crippen LogP contribution in [0.2, 0.25) is 0 Å². The Morgan fingerprint density at radius 1 is 1.21 bits per heavy atom. The van der Waals surface area contributed by atoms with E-state index < -0.39 is 0 Å². The number of aromatic amines is 1. The van der Waals surface area contributed by atoms with Crippen LogP contribution in [0.25, 0.3) is 10.9 Å². The van der Waals surface area contributed by atoms with Crippen molar-refractivity contribution in [3.05, 3.63) is 36.0 Å². The summed E-state index contributed by atoms with van der Waals surface area (Å²) in [5, 5.41) is 4.86. The summed E-state index contributed by atoms with van der Waals surface area (Å²) in [6.45, 7) is 8.83. The largest absolute Gasteiger partial charge is 0.361 e. The lowest BCUT2D eigenvalue weighted by atomic mass is 10.1. The zero-order chi connectivity index (χ0) is 18.5. The summed E-state index contributed by atoms with van der Waals surface area (Å²) in [7, 11) is 0. The average molecular weight is 495 g/mol. The molecular weight excluding hydrogens is 461 g/mol. The molecule has 4 rings (SSSR count). The fourth-order valence-corrected chi connectivity index (χ4v) is 4.56. The number of hydrogen-bond donors (Lipinski definition) is 2. The minimum absolute atomic E-state index is 0. The minimum Gasteiger partial charge on any atom is -0.361 e. The van der Waals surface area contributed by atoms with Crippen molar-refractivity contribution in [1.29, 1.82) is 0 Å². The van der Waals surface area contributed by atoms with Crippen LogP contribution in [-0.2, 0) is 6.42 Å². The quantitative estimate of drug-likeness (QED) is 0.277.